The van der Waals surface area contributed by atoms with Crippen molar-refractivity contribution in [3.63, 3.8) is 0 Å². The molecule has 0 aliphatic carbocycles. The highest BCUT2D eigenvalue weighted by Gasteiger charge is 2.00. The summed E-state index contributed by atoms with van der Waals surface area (Å²) in [6, 6.07) is 8.08. The summed E-state index contributed by atoms with van der Waals surface area (Å²) in [5.74, 6) is 0. The summed E-state index contributed by atoms with van der Waals surface area (Å²) < 4.78 is 10.1. The summed E-state index contributed by atoms with van der Waals surface area (Å²) >= 11 is 1.72. The standard InChI is InChI=1S/C9H11N3.2FH.H2OS/c1-11(2)12-7-10-8-5-3-4-6-9(8)12;;;1-2/h3-7H,1-2H3;2*1H;2H2. The number of imidazole rings is 1. The molecule has 0 aliphatic heterocycles. The van der Waals surface area contributed by atoms with Crippen molar-refractivity contribution in [3.05, 3.63) is 30.6 Å². The number of fused-ring (bicyclic) bond motifs is 1. The Kier molecular flexibility index (Phi) is 8.19. The number of benzene rings is 1. The van der Waals surface area contributed by atoms with Crippen LogP contribution >= 0.6 is 0 Å². The normalized spacial score (nSPS) is 8.19. The van der Waals surface area contributed by atoms with Gasteiger partial charge in [-0.2, -0.15) is 0 Å². The van der Waals surface area contributed by atoms with Crippen molar-refractivity contribution in [3.8, 4) is 0 Å². The van der Waals surface area contributed by atoms with E-state index in [2.05, 4.69) is 11.1 Å². The van der Waals surface area contributed by atoms with E-state index in [1.54, 1.807) is 12.5 Å². The van der Waals surface area contributed by atoms with Crippen molar-refractivity contribution in [2.24, 2.45) is 0 Å². The predicted molar refractivity (Wildman–Crippen MR) is 65.7 cm³/mol. The van der Waals surface area contributed by atoms with Crippen LogP contribution in [0.2, 0.25) is 0 Å². The van der Waals surface area contributed by atoms with Gasteiger partial charge in [0.05, 0.1) is 11.0 Å². The van der Waals surface area contributed by atoms with Gasteiger partial charge in [-0.15, -0.1) is 0 Å². The molecule has 1 aromatic heterocycles. The highest BCUT2D eigenvalue weighted by Crippen LogP contribution is 2.10. The molecule has 1 heterocycles. The van der Waals surface area contributed by atoms with Gasteiger partial charge in [0.15, 0.2) is 0 Å². The molecule has 7 heteroatoms. The molecular formula is C9H15F2N3OS. The Morgan fingerprint density at radius 2 is 1.75 bits per heavy atom. The molecule has 0 unspecified atom stereocenters. The molecule has 0 atom stereocenters. The SMILES string of the molecule is CN(C)n1cnc2ccccc21.F.F.O=[SH2]. The van der Waals surface area contributed by atoms with Gasteiger partial charge in [0.25, 0.3) is 0 Å². The number of rotatable bonds is 1. The van der Waals surface area contributed by atoms with Crippen LogP contribution in [-0.4, -0.2) is 28.0 Å². The summed E-state index contributed by atoms with van der Waals surface area (Å²) in [6.07, 6.45) is 1.82. The lowest BCUT2D eigenvalue weighted by Crippen LogP contribution is -2.23. The first kappa shape index (κ1) is 16.9. The lowest BCUT2D eigenvalue weighted by atomic mass is 10.3. The van der Waals surface area contributed by atoms with Gasteiger partial charge < -0.3 is 5.01 Å². The third-order valence-corrected chi connectivity index (χ3v) is 1.87. The average molecular weight is 251 g/mol. The van der Waals surface area contributed by atoms with Crippen LogP contribution in [0.5, 0.6) is 0 Å². The van der Waals surface area contributed by atoms with Gasteiger partial charge in [-0.1, -0.05) is 12.1 Å². The zero-order valence-electron chi connectivity index (χ0n) is 8.95. The molecule has 0 bridgehead atoms. The summed E-state index contributed by atoms with van der Waals surface area (Å²) in [4.78, 5) is 4.26. The van der Waals surface area contributed by atoms with Crippen LogP contribution in [0, 0.1) is 0 Å². The highest BCUT2D eigenvalue weighted by molar-refractivity contribution is 7.44. The molecule has 16 heavy (non-hydrogen) atoms. The number of hydrogen-bond acceptors (Lipinski definition) is 3. The van der Waals surface area contributed by atoms with Crippen LogP contribution in [0.4, 0.5) is 9.41 Å². The lowest BCUT2D eigenvalue weighted by molar-refractivity contribution is 0.702. The van der Waals surface area contributed by atoms with E-state index in [9.17, 15) is 0 Å². The van der Waals surface area contributed by atoms with Crippen molar-refractivity contribution >= 4 is 23.6 Å². The molecule has 0 aliphatic rings. The Morgan fingerprint density at radius 1 is 1.19 bits per heavy atom. The predicted octanol–water partition coefficient (Wildman–Crippen LogP) is 0.667. The number of hydrogen-bond donors (Lipinski definition) is 0. The second kappa shape index (κ2) is 7.75. The van der Waals surface area contributed by atoms with E-state index in [1.165, 1.54) is 0 Å². The quantitative estimate of drug-likeness (QED) is 0.747. The molecular weight excluding hydrogens is 236 g/mol. The maximum atomic E-state index is 8.06. The first-order chi connectivity index (χ1) is 6.79. The first-order valence-electron chi connectivity index (χ1n) is 4.09. The minimum atomic E-state index is 0. The number of aromatic nitrogens is 2. The van der Waals surface area contributed by atoms with E-state index in [0.717, 1.165) is 11.0 Å². The van der Waals surface area contributed by atoms with Gasteiger partial charge in [-0.3, -0.25) is 13.6 Å². The molecule has 1 aromatic carbocycles. The third-order valence-electron chi connectivity index (χ3n) is 1.87. The topological polar surface area (TPSA) is 38.1 Å². The van der Waals surface area contributed by atoms with E-state index >= 15 is 0 Å². The van der Waals surface area contributed by atoms with Gasteiger partial charge in [-0.25, -0.2) is 9.66 Å². The van der Waals surface area contributed by atoms with Crippen molar-refractivity contribution < 1.29 is 13.6 Å². The first-order valence-corrected chi connectivity index (χ1v) is 4.50. The Balaban J connectivity index is 0. The minimum Gasteiger partial charge on any atom is -0.317 e. The van der Waals surface area contributed by atoms with Crippen LogP contribution in [0.3, 0.4) is 0 Å². The third kappa shape index (κ3) is 3.27. The molecule has 0 spiro atoms. The van der Waals surface area contributed by atoms with E-state index in [0.29, 0.717) is 0 Å². The molecule has 0 radical (unpaired) electrons. The van der Waals surface area contributed by atoms with E-state index < -0.39 is 0 Å². The number of halogens is 2. The number of para-hydroxylation sites is 2. The molecule has 0 saturated carbocycles. The van der Waals surface area contributed by atoms with Crippen LogP contribution in [0.25, 0.3) is 11.0 Å². The summed E-state index contributed by atoms with van der Waals surface area (Å²) in [7, 11) is 3.99. The van der Waals surface area contributed by atoms with Crippen LogP contribution in [0.15, 0.2) is 30.6 Å². The van der Waals surface area contributed by atoms with E-state index in [1.807, 2.05) is 48.3 Å². The van der Waals surface area contributed by atoms with Crippen molar-refractivity contribution in [1.29, 1.82) is 0 Å². The zero-order chi connectivity index (χ0) is 10.6. The summed E-state index contributed by atoms with van der Waals surface area (Å²) in [5, 5.41) is 2.00. The molecule has 92 valence electrons. The second-order valence-corrected chi connectivity index (χ2v) is 2.93. The van der Waals surface area contributed by atoms with Gasteiger partial charge in [0, 0.05) is 14.1 Å². The Morgan fingerprint density at radius 3 is 2.31 bits per heavy atom. The molecule has 2 rings (SSSR count). The molecule has 0 saturated heterocycles. The highest BCUT2D eigenvalue weighted by atomic mass is 32.1. The van der Waals surface area contributed by atoms with Crippen LogP contribution in [-0.2, 0) is 12.5 Å². The smallest absolute Gasteiger partial charge is 0.116 e. The Hall–Kier alpha value is -1.50. The minimum absolute atomic E-state index is 0. The Labute approximate surface area is 97.1 Å². The van der Waals surface area contributed by atoms with Gasteiger partial charge in [-0.05, 0) is 24.7 Å². The fraction of sp³-hybridized carbons (Fsp3) is 0.222. The molecule has 0 fully saturated rings. The second-order valence-electron chi connectivity index (χ2n) is 2.93. The molecule has 4 nitrogen and oxygen atoms in total. The maximum absolute atomic E-state index is 8.06. The summed E-state index contributed by atoms with van der Waals surface area (Å²) in [6.45, 7) is 0. The molecule has 2 aromatic rings. The largest absolute Gasteiger partial charge is 0.317 e. The number of nitrogens with zero attached hydrogens (tertiary/aromatic N) is 3. The van der Waals surface area contributed by atoms with Gasteiger partial charge in [0.2, 0.25) is 0 Å². The maximum Gasteiger partial charge on any atom is 0.116 e. The Bertz CT molecular complexity index is 422. The zero-order valence-corrected chi connectivity index (χ0v) is 9.95. The van der Waals surface area contributed by atoms with Crippen molar-refractivity contribution in [2.45, 2.75) is 0 Å². The average Bonchev–Trinajstić information content (AvgIpc) is 2.64. The molecule has 0 N–H and O–H groups in total. The van der Waals surface area contributed by atoms with Crippen molar-refractivity contribution in [1.82, 2.24) is 9.66 Å². The van der Waals surface area contributed by atoms with Gasteiger partial charge >= 0.3 is 0 Å². The monoisotopic (exact) mass is 251 g/mol. The summed E-state index contributed by atoms with van der Waals surface area (Å²) in [5.41, 5.74) is 2.17. The molecule has 0 amide bonds. The fourth-order valence-corrected chi connectivity index (χ4v) is 1.26. The fourth-order valence-electron chi connectivity index (χ4n) is 1.26. The van der Waals surface area contributed by atoms with Crippen molar-refractivity contribution in [2.75, 3.05) is 19.1 Å². The van der Waals surface area contributed by atoms with Crippen LogP contribution < -0.4 is 5.01 Å². The van der Waals surface area contributed by atoms with Gasteiger partial charge in [0.1, 0.15) is 6.33 Å². The lowest BCUT2D eigenvalue weighted by Gasteiger charge is -2.13. The van der Waals surface area contributed by atoms with E-state index in [4.69, 9.17) is 4.21 Å². The van der Waals surface area contributed by atoms with E-state index in [-0.39, 0.29) is 9.41 Å². The van der Waals surface area contributed by atoms with Crippen LogP contribution in [0.1, 0.15) is 0 Å².